The average Bonchev–Trinajstić information content (AvgIpc) is 3.21. The molecule has 7 heteroatoms. The molecule has 1 aromatic carbocycles. The van der Waals surface area contributed by atoms with Crippen LogP contribution in [-0.2, 0) is 11.3 Å². The highest BCUT2D eigenvalue weighted by atomic mass is 19.1. The highest BCUT2D eigenvalue weighted by Gasteiger charge is 2.22. The van der Waals surface area contributed by atoms with Crippen LogP contribution >= 0.6 is 0 Å². The van der Waals surface area contributed by atoms with E-state index in [2.05, 4.69) is 25.2 Å². The molecule has 2 aromatic heterocycles. The van der Waals surface area contributed by atoms with Crippen molar-refractivity contribution >= 4 is 22.8 Å². The fourth-order valence-corrected chi connectivity index (χ4v) is 3.77. The summed E-state index contributed by atoms with van der Waals surface area (Å²) in [4.78, 5) is 26.3. The molecule has 0 radical (unpaired) electrons. The number of benzene rings is 1. The van der Waals surface area contributed by atoms with E-state index >= 15 is 0 Å². The van der Waals surface area contributed by atoms with Crippen LogP contribution < -0.4 is 10.2 Å². The lowest BCUT2D eigenvalue weighted by molar-refractivity contribution is -0.121. The van der Waals surface area contributed by atoms with Crippen LogP contribution in [0.15, 0.2) is 42.9 Å². The highest BCUT2D eigenvalue weighted by molar-refractivity contribution is 5.87. The van der Waals surface area contributed by atoms with Crippen LogP contribution in [0.25, 0.3) is 11.0 Å². The van der Waals surface area contributed by atoms with E-state index in [1.807, 2.05) is 12.3 Å². The van der Waals surface area contributed by atoms with Gasteiger partial charge in [0.2, 0.25) is 5.91 Å². The van der Waals surface area contributed by atoms with Crippen molar-refractivity contribution in [3.05, 3.63) is 54.2 Å². The fourth-order valence-electron chi connectivity index (χ4n) is 3.77. The third-order valence-corrected chi connectivity index (χ3v) is 5.43. The molecule has 0 unspecified atom stereocenters. The number of hydrogen-bond donors (Lipinski definition) is 2. The van der Waals surface area contributed by atoms with Crippen molar-refractivity contribution in [1.82, 2.24) is 20.3 Å². The zero-order valence-electron chi connectivity index (χ0n) is 15.7. The third-order valence-electron chi connectivity index (χ3n) is 5.43. The zero-order valence-corrected chi connectivity index (χ0v) is 15.7. The predicted molar refractivity (Wildman–Crippen MR) is 106 cm³/mol. The van der Waals surface area contributed by atoms with Gasteiger partial charge in [0.15, 0.2) is 0 Å². The van der Waals surface area contributed by atoms with Gasteiger partial charge in [-0.25, -0.2) is 14.4 Å². The van der Waals surface area contributed by atoms with Crippen LogP contribution in [0, 0.1) is 11.7 Å². The van der Waals surface area contributed by atoms with Crippen LogP contribution in [0.3, 0.4) is 0 Å². The summed E-state index contributed by atoms with van der Waals surface area (Å²) in [6.45, 7) is 2.33. The summed E-state index contributed by atoms with van der Waals surface area (Å²) in [5.41, 5.74) is 1.77. The first-order valence-corrected chi connectivity index (χ1v) is 9.73. The lowest BCUT2D eigenvalue weighted by Crippen LogP contribution is -2.35. The minimum atomic E-state index is -0.263. The first-order chi connectivity index (χ1) is 13.7. The van der Waals surface area contributed by atoms with Gasteiger partial charge < -0.3 is 15.2 Å². The monoisotopic (exact) mass is 381 g/mol. The van der Waals surface area contributed by atoms with Gasteiger partial charge in [0, 0.05) is 32.3 Å². The van der Waals surface area contributed by atoms with Gasteiger partial charge in [-0.15, -0.1) is 0 Å². The van der Waals surface area contributed by atoms with Crippen molar-refractivity contribution in [1.29, 1.82) is 0 Å². The van der Waals surface area contributed by atoms with E-state index in [-0.39, 0.29) is 11.7 Å². The summed E-state index contributed by atoms with van der Waals surface area (Å²) in [5, 5.41) is 3.97. The summed E-state index contributed by atoms with van der Waals surface area (Å²) >= 11 is 0. The Hall–Kier alpha value is -2.96. The molecule has 2 N–H and O–H groups in total. The lowest BCUT2D eigenvalue weighted by atomic mass is 9.92. The minimum Gasteiger partial charge on any atom is -0.356 e. The number of nitrogens with one attached hydrogen (secondary N) is 2. The van der Waals surface area contributed by atoms with E-state index in [1.54, 1.807) is 18.5 Å². The number of aromatic nitrogens is 3. The second-order valence-electron chi connectivity index (χ2n) is 7.31. The van der Waals surface area contributed by atoms with Crippen molar-refractivity contribution in [2.24, 2.45) is 5.92 Å². The van der Waals surface area contributed by atoms with Crippen molar-refractivity contribution in [2.75, 3.05) is 18.0 Å². The third kappa shape index (κ3) is 4.30. The average molecular weight is 381 g/mol. The maximum Gasteiger partial charge on any atom is 0.220 e. The molecule has 1 amide bonds. The van der Waals surface area contributed by atoms with Gasteiger partial charge in [-0.2, -0.15) is 0 Å². The number of halogens is 1. The molecular formula is C21H24FN5O. The van der Waals surface area contributed by atoms with Crippen LogP contribution in [0.4, 0.5) is 10.2 Å². The standard InChI is InChI=1S/C21H24FN5O/c22-17-4-1-16(2-5-17)13-24-19(28)6-3-15-8-11-27(12-9-15)21-18-7-10-23-20(18)25-14-26-21/h1-2,4-5,7,10,14-15H,3,6,8-9,11-13H2,(H,24,28)(H,23,25,26). The Kier molecular flexibility index (Phi) is 5.50. The van der Waals surface area contributed by atoms with Gasteiger partial charge in [-0.05, 0) is 48.9 Å². The van der Waals surface area contributed by atoms with Crippen LogP contribution in [0.1, 0.15) is 31.2 Å². The minimum absolute atomic E-state index is 0.0524. The first-order valence-electron chi connectivity index (χ1n) is 9.73. The van der Waals surface area contributed by atoms with Crippen molar-refractivity contribution in [2.45, 2.75) is 32.2 Å². The number of piperidine rings is 1. The number of fused-ring (bicyclic) bond motifs is 1. The molecule has 0 bridgehead atoms. The number of aromatic amines is 1. The summed E-state index contributed by atoms with van der Waals surface area (Å²) in [6.07, 6.45) is 7.03. The van der Waals surface area contributed by atoms with Crippen molar-refractivity contribution < 1.29 is 9.18 Å². The van der Waals surface area contributed by atoms with E-state index in [0.717, 1.165) is 54.8 Å². The maximum atomic E-state index is 12.9. The number of amides is 1. The number of nitrogens with zero attached hydrogens (tertiary/aromatic N) is 3. The quantitative estimate of drug-likeness (QED) is 0.686. The summed E-state index contributed by atoms with van der Waals surface area (Å²) in [6, 6.07) is 8.23. The van der Waals surface area contributed by atoms with Gasteiger partial charge in [-0.3, -0.25) is 4.79 Å². The molecule has 0 atom stereocenters. The van der Waals surface area contributed by atoms with E-state index in [1.165, 1.54) is 12.1 Å². The molecule has 1 aliphatic heterocycles. The molecule has 6 nitrogen and oxygen atoms in total. The Bertz CT molecular complexity index is 931. The van der Waals surface area contributed by atoms with Gasteiger partial charge in [0.25, 0.3) is 0 Å². The maximum absolute atomic E-state index is 12.9. The summed E-state index contributed by atoms with van der Waals surface area (Å²) < 4.78 is 12.9. The van der Waals surface area contributed by atoms with Crippen molar-refractivity contribution in [3.63, 3.8) is 0 Å². The van der Waals surface area contributed by atoms with Crippen LogP contribution in [0.2, 0.25) is 0 Å². The predicted octanol–water partition coefficient (Wildman–Crippen LogP) is 3.41. The molecule has 3 aromatic rings. The van der Waals surface area contributed by atoms with Crippen LogP contribution in [0.5, 0.6) is 0 Å². The molecule has 1 fully saturated rings. The molecule has 1 saturated heterocycles. The number of carbonyl (C=O) groups excluding carboxylic acids is 1. The van der Waals surface area contributed by atoms with Gasteiger partial charge >= 0.3 is 0 Å². The second kappa shape index (κ2) is 8.37. The molecule has 0 spiro atoms. The molecule has 146 valence electrons. The van der Waals surface area contributed by atoms with E-state index in [0.29, 0.717) is 18.9 Å². The SMILES string of the molecule is O=C(CCC1CCN(c2ncnc3[nH]ccc23)CC1)NCc1ccc(F)cc1. The number of carbonyl (C=O) groups is 1. The van der Waals surface area contributed by atoms with Gasteiger partial charge in [0.1, 0.15) is 23.6 Å². The van der Waals surface area contributed by atoms with Gasteiger partial charge in [-0.1, -0.05) is 12.1 Å². The Morgan fingerprint density at radius 3 is 2.75 bits per heavy atom. The number of rotatable bonds is 6. The number of H-pyrrole nitrogens is 1. The topological polar surface area (TPSA) is 73.9 Å². The molecule has 28 heavy (non-hydrogen) atoms. The smallest absolute Gasteiger partial charge is 0.220 e. The molecule has 4 rings (SSSR count). The van der Waals surface area contributed by atoms with E-state index in [9.17, 15) is 9.18 Å². The lowest BCUT2D eigenvalue weighted by Gasteiger charge is -2.33. The molecule has 3 heterocycles. The van der Waals surface area contributed by atoms with E-state index < -0.39 is 0 Å². The second-order valence-corrected chi connectivity index (χ2v) is 7.31. The van der Waals surface area contributed by atoms with Crippen molar-refractivity contribution in [3.8, 4) is 0 Å². The summed E-state index contributed by atoms with van der Waals surface area (Å²) in [7, 11) is 0. The Morgan fingerprint density at radius 2 is 1.96 bits per heavy atom. The first kappa shape index (κ1) is 18.4. The normalized spacial score (nSPS) is 15.1. The number of anilines is 1. The molecular weight excluding hydrogens is 357 g/mol. The van der Waals surface area contributed by atoms with Gasteiger partial charge in [0.05, 0.1) is 5.39 Å². The Balaban J connectivity index is 1.22. The number of hydrogen-bond acceptors (Lipinski definition) is 4. The molecule has 0 saturated carbocycles. The largest absolute Gasteiger partial charge is 0.356 e. The molecule has 0 aliphatic carbocycles. The van der Waals surface area contributed by atoms with E-state index in [4.69, 9.17) is 0 Å². The zero-order chi connectivity index (χ0) is 19.3. The Morgan fingerprint density at radius 1 is 1.18 bits per heavy atom. The highest BCUT2D eigenvalue weighted by Crippen LogP contribution is 2.28. The summed E-state index contributed by atoms with van der Waals surface area (Å²) in [5.74, 6) is 1.33. The van der Waals surface area contributed by atoms with Crippen LogP contribution in [-0.4, -0.2) is 33.9 Å². The molecule has 1 aliphatic rings. The Labute approximate surface area is 163 Å². The fraction of sp³-hybridized carbons (Fsp3) is 0.381.